The third kappa shape index (κ3) is 3.13. The smallest absolute Gasteiger partial charge is 0.250 e. The number of benzene rings is 1. The summed E-state index contributed by atoms with van der Waals surface area (Å²) in [5.41, 5.74) is 9.67. The number of hydrogen-bond acceptors (Lipinski definition) is 4. The average Bonchev–Trinajstić information content (AvgIpc) is 3.20. The number of nitrogens with one attached hydrogen (secondary N) is 2. The van der Waals surface area contributed by atoms with Gasteiger partial charge >= 0.3 is 0 Å². The fourth-order valence-electron chi connectivity index (χ4n) is 3.21. The Labute approximate surface area is 150 Å². The van der Waals surface area contributed by atoms with Gasteiger partial charge < -0.3 is 20.8 Å². The molecule has 3 aromatic rings. The number of nitrogens with zero attached hydrogens (tertiary/aromatic N) is 2. The summed E-state index contributed by atoms with van der Waals surface area (Å²) < 4.78 is 7.62. The maximum atomic E-state index is 11.8. The second-order valence-electron chi connectivity index (χ2n) is 6.00. The van der Waals surface area contributed by atoms with Crippen molar-refractivity contribution in [2.24, 2.45) is 12.8 Å². The van der Waals surface area contributed by atoms with E-state index < -0.39 is 5.91 Å². The number of aryl methyl sites for hydroxylation is 1. The molecule has 0 spiro atoms. The summed E-state index contributed by atoms with van der Waals surface area (Å²) >= 11 is 0. The molecule has 0 bridgehead atoms. The third-order valence-corrected chi connectivity index (χ3v) is 4.38. The lowest BCUT2D eigenvalue weighted by Crippen LogP contribution is -2.33. The van der Waals surface area contributed by atoms with Crippen molar-refractivity contribution in [3.05, 3.63) is 41.7 Å². The van der Waals surface area contributed by atoms with E-state index in [4.69, 9.17) is 10.5 Å². The van der Waals surface area contributed by atoms with Crippen molar-refractivity contribution in [2.75, 3.05) is 19.7 Å². The number of fused-ring (bicyclic) bond motifs is 1. The number of morpholine rings is 1. The first kappa shape index (κ1) is 17.5. The van der Waals surface area contributed by atoms with Gasteiger partial charge in [-0.2, -0.15) is 5.10 Å². The Balaban J connectivity index is 0.00000182. The van der Waals surface area contributed by atoms with Crippen LogP contribution in [0.4, 0.5) is 0 Å². The molecule has 8 heteroatoms. The SMILES string of the molecule is Cl.Cn1cc(-c2cc3c([C@@H]4CNCCO4)ccc(C(N)=O)c3[nH]2)cn1. The van der Waals surface area contributed by atoms with Crippen LogP contribution >= 0.6 is 12.4 Å². The third-order valence-electron chi connectivity index (χ3n) is 4.38. The number of aromatic nitrogens is 3. The van der Waals surface area contributed by atoms with Gasteiger partial charge in [-0.1, -0.05) is 6.07 Å². The second kappa shape index (κ2) is 6.87. The van der Waals surface area contributed by atoms with Gasteiger partial charge in [-0.05, 0) is 17.7 Å². The van der Waals surface area contributed by atoms with E-state index in [2.05, 4.69) is 15.4 Å². The molecule has 132 valence electrons. The van der Waals surface area contributed by atoms with Gasteiger partial charge in [0, 0.05) is 43.0 Å². The molecule has 0 radical (unpaired) electrons. The van der Waals surface area contributed by atoms with Crippen molar-refractivity contribution < 1.29 is 9.53 Å². The van der Waals surface area contributed by atoms with Crippen LogP contribution in [-0.4, -0.2) is 40.4 Å². The van der Waals surface area contributed by atoms with Gasteiger partial charge in [0.25, 0.3) is 5.91 Å². The van der Waals surface area contributed by atoms with Crippen LogP contribution in [0.15, 0.2) is 30.6 Å². The summed E-state index contributed by atoms with van der Waals surface area (Å²) in [6.07, 6.45) is 3.67. The van der Waals surface area contributed by atoms with Crippen LogP contribution in [0.2, 0.25) is 0 Å². The van der Waals surface area contributed by atoms with Gasteiger partial charge in [0.2, 0.25) is 0 Å². The molecule has 1 atom stereocenters. The first-order chi connectivity index (χ1) is 11.6. The van der Waals surface area contributed by atoms with Crippen molar-refractivity contribution in [1.29, 1.82) is 0 Å². The molecule has 7 nitrogen and oxygen atoms in total. The fraction of sp³-hybridized carbons (Fsp3) is 0.294. The van der Waals surface area contributed by atoms with Crippen molar-refractivity contribution in [3.63, 3.8) is 0 Å². The molecule has 0 unspecified atom stereocenters. The zero-order chi connectivity index (χ0) is 16.7. The van der Waals surface area contributed by atoms with Crippen molar-refractivity contribution in [2.45, 2.75) is 6.10 Å². The Bertz CT molecular complexity index is 911. The summed E-state index contributed by atoms with van der Waals surface area (Å²) in [6, 6.07) is 5.73. The van der Waals surface area contributed by atoms with E-state index in [1.165, 1.54) is 0 Å². The minimum absolute atomic E-state index is 0. The molecule has 1 saturated heterocycles. The van der Waals surface area contributed by atoms with E-state index in [9.17, 15) is 4.79 Å². The Morgan fingerprint density at radius 3 is 2.92 bits per heavy atom. The standard InChI is InChI=1S/C17H19N5O2.ClH/c1-22-9-10(7-20-22)14-6-13-11(15-8-19-4-5-24-15)2-3-12(17(18)23)16(13)21-14;/h2-3,6-7,9,15,19,21H,4-5,8H2,1H3,(H2,18,23);1H/t15-;/m0./s1. The summed E-state index contributed by atoms with van der Waals surface area (Å²) in [5.74, 6) is -0.450. The number of primary amides is 1. The summed E-state index contributed by atoms with van der Waals surface area (Å²) in [7, 11) is 1.87. The Kier molecular flexibility index (Phi) is 4.80. The van der Waals surface area contributed by atoms with Crippen LogP contribution in [0.3, 0.4) is 0 Å². The fourth-order valence-corrected chi connectivity index (χ4v) is 3.21. The van der Waals surface area contributed by atoms with Gasteiger partial charge in [-0.3, -0.25) is 9.48 Å². The zero-order valence-corrected chi connectivity index (χ0v) is 14.6. The lowest BCUT2D eigenvalue weighted by atomic mass is 10.00. The van der Waals surface area contributed by atoms with Crippen molar-refractivity contribution in [1.82, 2.24) is 20.1 Å². The van der Waals surface area contributed by atoms with Crippen LogP contribution < -0.4 is 11.1 Å². The first-order valence-corrected chi connectivity index (χ1v) is 7.90. The van der Waals surface area contributed by atoms with Crippen LogP contribution in [0.1, 0.15) is 22.0 Å². The number of rotatable bonds is 3. The van der Waals surface area contributed by atoms with Crippen LogP contribution in [0.5, 0.6) is 0 Å². The Morgan fingerprint density at radius 1 is 1.44 bits per heavy atom. The van der Waals surface area contributed by atoms with Gasteiger partial charge in [0.15, 0.2) is 0 Å². The zero-order valence-electron chi connectivity index (χ0n) is 13.8. The van der Waals surface area contributed by atoms with E-state index in [1.807, 2.05) is 25.4 Å². The molecule has 1 aromatic carbocycles. The predicted molar refractivity (Wildman–Crippen MR) is 97.8 cm³/mol. The summed E-state index contributed by atoms with van der Waals surface area (Å²) in [5, 5.41) is 8.50. The van der Waals surface area contributed by atoms with E-state index >= 15 is 0 Å². The van der Waals surface area contributed by atoms with Crippen LogP contribution in [0.25, 0.3) is 22.2 Å². The van der Waals surface area contributed by atoms with Gasteiger partial charge in [0.05, 0.1) is 30.0 Å². The highest BCUT2D eigenvalue weighted by Gasteiger charge is 2.22. The maximum absolute atomic E-state index is 11.8. The van der Waals surface area contributed by atoms with E-state index in [0.29, 0.717) is 12.2 Å². The molecule has 4 N–H and O–H groups in total. The molecule has 3 heterocycles. The number of nitrogens with two attached hydrogens (primary N) is 1. The molecular formula is C17H20ClN5O2. The molecule has 0 aliphatic carbocycles. The molecule has 2 aromatic heterocycles. The number of ether oxygens (including phenoxy) is 1. The molecule has 25 heavy (non-hydrogen) atoms. The number of H-pyrrole nitrogens is 1. The molecule has 1 aliphatic rings. The van der Waals surface area contributed by atoms with E-state index in [0.717, 1.165) is 40.8 Å². The Morgan fingerprint density at radius 2 is 2.28 bits per heavy atom. The highest BCUT2D eigenvalue weighted by molar-refractivity contribution is 6.07. The lowest BCUT2D eigenvalue weighted by molar-refractivity contribution is 0.0286. The minimum Gasteiger partial charge on any atom is -0.371 e. The van der Waals surface area contributed by atoms with Gasteiger partial charge in [-0.25, -0.2) is 0 Å². The highest BCUT2D eigenvalue weighted by Crippen LogP contribution is 2.33. The topological polar surface area (TPSA) is 98.0 Å². The first-order valence-electron chi connectivity index (χ1n) is 7.90. The van der Waals surface area contributed by atoms with Crippen molar-refractivity contribution >= 4 is 29.2 Å². The molecular weight excluding hydrogens is 342 g/mol. The average molecular weight is 362 g/mol. The molecule has 0 saturated carbocycles. The minimum atomic E-state index is -0.450. The molecule has 1 fully saturated rings. The number of amides is 1. The predicted octanol–water partition coefficient (Wildman–Crippen LogP) is 1.75. The second-order valence-corrected chi connectivity index (χ2v) is 6.00. The molecule has 4 rings (SSSR count). The van der Waals surface area contributed by atoms with Gasteiger partial charge in [-0.15, -0.1) is 12.4 Å². The largest absolute Gasteiger partial charge is 0.371 e. The Hall–Kier alpha value is -2.35. The van der Waals surface area contributed by atoms with Crippen molar-refractivity contribution in [3.8, 4) is 11.3 Å². The van der Waals surface area contributed by atoms with E-state index in [-0.39, 0.29) is 18.5 Å². The maximum Gasteiger partial charge on any atom is 0.250 e. The normalized spacial score (nSPS) is 17.4. The number of aromatic amines is 1. The molecule has 1 aliphatic heterocycles. The number of carbonyl (C=O) groups is 1. The summed E-state index contributed by atoms with van der Waals surface area (Å²) in [4.78, 5) is 15.1. The molecule has 1 amide bonds. The quantitative estimate of drug-likeness (QED) is 0.662. The van der Waals surface area contributed by atoms with Crippen LogP contribution in [-0.2, 0) is 11.8 Å². The number of carbonyl (C=O) groups excluding carboxylic acids is 1. The van der Waals surface area contributed by atoms with E-state index in [1.54, 1.807) is 16.9 Å². The lowest BCUT2D eigenvalue weighted by Gasteiger charge is -2.24. The number of halogens is 1. The number of hydrogen-bond donors (Lipinski definition) is 3. The van der Waals surface area contributed by atoms with Crippen LogP contribution in [0, 0.1) is 0 Å². The highest BCUT2D eigenvalue weighted by atomic mass is 35.5. The van der Waals surface area contributed by atoms with Gasteiger partial charge in [0.1, 0.15) is 0 Å². The summed E-state index contributed by atoms with van der Waals surface area (Å²) in [6.45, 7) is 2.27. The monoisotopic (exact) mass is 361 g/mol.